The first-order valence-corrected chi connectivity index (χ1v) is 4.57. The zero-order chi connectivity index (χ0) is 7.40. The summed E-state index contributed by atoms with van der Waals surface area (Å²) in [5.74, 6) is 0. The molecule has 3 heteroatoms. The van der Waals surface area contributed by atoms with E-state index in [1.165, 1.54) is 0 Å². The SMILES string of the molecule is C=CCO[C@H]1OCC[C@@H]1I. The Morgan fingerprint density at radius 1 is 1.80 bits per heavy atom. The highest BCUT2D eigenvalue weighted by molar-refractivity contribution is 14.1. The molecule has 1 saturated heterocycles. The van der Waals surface area contributed by atoms with E-state index in [0.717, 1.165) is 13.0 Å². The molecule has 1 heterocycles. The average molecular weight is 254 g/mol. The zero-order valence-electron chi connectivity index (χ0n) is 5.75. The fourth-order valence-electron chi connectivity index (χ4n) is 0.853. The molecule has 1 rings (SSSR count). The van der Waals surface area contributed by atoms with Crippen LogP contribution in [-0.2, 0) is 9.47 Å². The summed E-state index contributed by atoms with van der Waals surface area (Å²) < 4.78 is 11.1. The van der Waals surface area contributed by atoms with Crippen LogP contribution in [-0.4, -0.2) is 23.4 Å². The third-order valence-corrected chi connectivity index (χ3v) is 2.56. The number of rotatable bonds is 3. The van der Waals surface area contributed by atoms with Crippen molar-refractivity contribution < 1.29 is 9.47 Å². The molecular weight excluding hydrogens is 243 g/mol. The molecule has 0 N–H and O–H groups in total. The lowest BCUT2D eigenvalue weighted by Crippen LogP contribution is -2.19. The summed E-state index contributed by atoms with van der Waals surface area (Å²) in [6.45, 7) is 4.98. The standard InChI is InChI=1S/C7H11IO2/c1-2-4-9-7-6(8)3-5-10-7/h2,6-7H,1,3-5H2/t6-,7-/m0/s1. The molecule has 1 aliphatic heterocycles. The minimum absolute atomic E-state index is 0.00130. The van der Waals surface area contributed by atoms with Gasteiger partial charge in [-0.2, -0.15) is 0 Å². The van der Waals surface area contributed by atoms with Gasteiger partial charge < -0.3 is 9.47 Å². The summed E-state index contributed by atoms with van der Waals surface area (Å²) in [6.07, 6.45) is 2.84. The molecule has 0 unspecified atom stereocenters. The molecule has 0 spiro atoms. The Labute approximate surface area is 74.7 Å². The molecule has 0 amide bonds. The Hall–Kier alpha value is 0.390. The molecule has 0 aromatic rings. The maximum atomic E-state index is 5.32. The van der Waals surface area contributed by atoms with Gasteiger partial charge in [-0.3, -0.25) is 0 Å². The molecule has 1 fully saturated rings. The van der Waals surface area contributed by atoms with Gasteiger partial charge in [-0.25, -0.2) is 0 Å². The van der Waals surface area contributed by atoms with Gasteiger partial charge in [-0.1, -0.05) is 28.7 Å². The van der Waals surface area contributed by atoms with Crippen LogP contribution in [0.1, 0.15) is 6.42 Å². The molecule has 10 heavy (non-hydrogen) atoms. The second-order valence-corrected chi connectivity index (χ2v) is 3.77. The van der Waals surface area contributed by atoms with E-state index < -0.39 is 0 Å². The summed E-state index contributed by atoms with van der Waals surface area (Å²) in [6, 6.07) is 0. The fourth-order valence-corrected chi connectivity index (χ4v) is 1.52. The predicted octanol–water partition coefficient (Wildman–Crippen LogP) is 1.74. The van der Waals surface area contributed by atoms with Crippen LogP contribution in [0.5, 0.6) is 0 Å². The van der Waals surface area contributed by atoms with Crippen LogP contribution in [0.15, 0.2) is 12.7 Å². The van der Waals surface area contributed by atoms with Crippen LogP contribution in [0.4, 0.5) is 0 Å². The maximum absolute atomic E-state index is 5.32. The van der Waals surface area contributed by atoms with Crippen molar-refractivity contribution in [3.05, 3.63) is 12.7 Å². The normalized spacial score (nSPS) is 32.5. The van der Waals surface area contributed by atoms with Gasteiger partial charge in [0.05, 0.1) is 17.1 Å². The average Bonchev–Trinajstić information content (AvgIpc) is 2.31. The molecule has 58 valence electrons. The van der Waals surface area contributed by atoms with Gasteiger partial charge in [0, 0.05) is 0 Å². The Bertz CT molecular complexity index is 116. The second kappa shape index (κ2) is 4.31. The lowest BCUT2D eigenvalue weighted by molar-refractivity contribution is -0.0967. The molecule has 2 nitrogen and oxygen atoms in total. The number of ether oxygens (including phenoxy) is 2. The van der Waals surface area contributed by atoms with Gasteiger partial charge in [0.2, 0.25) is 0 Å². The molecule has 0 bridgehead atoms. The minimum atomic E-state index is -0.00130. The first-order valence-electron chi connectivity index (χ1n) is 3.33. The Morgan fingerprint density at radius 3 is 3.10 bits per heavy atom. The molecule has 0 saturated carbocycles. The first-order chi connectivity index (χ1) is 4.84. The highest BCUT2D eigenvalue weighted by atomic mass is 127. The van der Waals surface area contributed by atoms with Crippen molar-refractivity contribution in [3.63, 3.8) is 0 Å². The van der Waals surface area contributed by atoms with Crippen LogP contribution < -0.4 is 0 Å². The predicted molar refractivity (Wildman–Crippen MR) is 48.3 cm³/mol. The summed E-state index contributed by atoms with van der Waals surface area (Å²) in [4.78, 5) is 0. The largest absolute Gasteiger partial charge is 0.351 e. The number of halogens is 1. The Balaban J connectivity index is 2.19. The van der Waals surface area contributed by atoms with Crippen molar-refractivity contribution in [1.29, 1.82) is 0 Å². The van der Waals surface area contributed by atoms with E-state index in [1.54, 1.807) is 6.08 Å². The monoisotopic (exact) mass is 254 g/mol. The van der Waals surface area contributed by atoms with Crippen molar-refractivity contribution in [2.75, 3.05) is 13.2 Å². The van der Waals surface area contributed by atoms with Gasteiger partial charge in [0.15, 0.2) is 6.29 Å². The molecule has 0 aromatic heterocycles. The van der Waals surface area contributed by atoms with Crippen molar-refractivity contribution >= 4 is 22.6 Å². The quantitative estimate of drug-likeness (QED) is 0.434. The van der Waals surface area contributed by atoms with Crippen LogP contribution in [0.3, 0.4) is 0 Å². The second-order valence-electron chi connectivity index (χ2n) is 2.17. The van der Waals surface area contributed by atoms with Crippen LogP contribution in [0.2, 0.25) is 0 Å². The maximum Gasteiger partial charge on any atom is 0.169 e. The van der Waals surface area contributed by atoms with Crippen LogP contribution in [0.25, 0.3) is 0 Å². The van der Waals surface area contributed by atoms with Crippen molar-refractivity contribution in [3.8, 4) is 0 Å². The minimum Gasteiger partial charge on any atom is -0.351 e. The summed E-state index contributed by atoms with van der Waals surface area (Å²) >= 11 is 2.35. The van der Waals surface area contributed by atoms with Crippen LogP contribution in [0, 0.1) is 0 Å². The van der Waals surface area contributed by atoms with Crippen molar-refractivity contribution in [2.45, 2.75) is 16.6 Å². The summed E-state index contributed by atoms with van der Waals surface area (Å²) in [5.41, 5.74) is 0. The lowest BCUT2D eigenvalue weighted by atomic mass is 10.4. The topological polar surface area (TPSA) is 18.5 Å². The van der Waals surface area contributed by atoms with E-state index in [0.29, 0.717) is 10.5 Å². The fraction of sp³-hybridized carbons (Fsp3) is 0.714. The van der Waals surface area contributed by atoms with E-state index in [-0.39, 0.29) is 6.29 Å². The Kier molecular flexibility index (Phi) is 3.65. The van der Waals surface area contributed by atoms with Gasteiger partial charge in [0.25, 0.3) is 0 Å². The third kappa shape index (κ3) is 2.21. The first kappa shape index (κ1) is 8.49. The highest BCUT2D eigenvalue weighted by Gasteiger charge is 2.25. The van der Waals surface area contributed by atoms with Gasteiger partial charge >= 0.3 is 0 Å². The molecule has 1 aliphatic rings. The highest BCUT2D eigenvalue weighted by Crippen LogP contribution is 2.22. The van der Waals surface area contributed by atoms with E-state index in [2.05, 4.69) is 29.2 Å². The third-order valence-electron chi connectivity index (χ3n) is 1.35. The smallest absolute Gasteiger partial charge is 0.169 e. The van der Waals surface area contributed by atoms with E-state index >= 15 is 0 Å². The van der Waals surface area contributed by atoms with E-state index in [1.807, 2.05) is 0 Å². The van der Waals surface area contributed by atoms with Gasteiger partial charge in [-0.15, -0.1) is 6.58 Å². The van der Waals surface area contributed by atoms with Crippen molar-refractivity contribution in [2.24, 2.45) is 0 Å². The summed E-state index contributed by atoms with van der Waals surface area (Å²) in [5, 5.41) is 0. The van der Waals surface area contributed by atoms with Crippen molar-refractivity contribution in [1.82, 2.24) is 0 Å². The molecule has 0 aromatic carbocycles. The number of hydrogen-bond donors (Lipinski definition) is 0. The molecule has 0 aliphatic carbocycles. The molecular formula is C7H11IO2. The van der Waals surface area contributed by atoms with E-state index in [4.69, 9.17) is 9.47 Å². The molecule has 2 atom stereocenters. The zero-order valence-corrected chi connectivity index (χ0v) is 7.91. The van der Waals surface area contributed by atoms with Gasteiger partial charge in [0.1, 0.15) is 0 Å². The van der Waals surface area contributed by atoms with E-state index in [9.17, 15) is 0 Å². The lowest BCUT2D eigenvalue weighted by Gasteiger charge is -2.12. The Morgan fingerprint density at radius 2 is 2.60 bits per heavy atom. The number of alkyl halides is 1. The van der Waals surface area contributed by atoms with Crippen LogP contribution >= 0.6 is 22.6 Å². The van der Waals surface area contributed by atoms with Gasteiger partial charge in [-0.05, 0) is 6.42 Å². The number of hydrogen-bond acceptors (Lipinski definition) is 2. The summed E-state index contributed by atoms with van der Waals surface area (Å²) in [7, 11) is 0. The molecule has 0 radical (unpaired) electrons.